The summed E-state index contributed by atoms with van der Waals surface area (Å²) in [5, 5.41) is 0. The number of carbonyl (C=O) groups is 1. The van der Waals surface area contributed by atoms with Gasteiger partial charge in [0.05, 0.1) is 6.26 Å². The standard InChI is InChI=1S/C13H10O5/c1-8-10(4-5-15-8)13(14)18-9-2-3-11-12(6-9)17-7-16-11/h2-6H,7H2,1H3. The third-order valence-electron chi connectivity index (χ3n) is 2.63. The van der Waals surface area contributed by atoms with Crippen LogP contribution in [0.3, 0.4) is 0 Å². The first-order chi connectivity index (χ1) is 8.74. The van der Waals surface area contributed by atoms with Gasteiger partial charge in [-0.05, 0) is 25.1 Å². The second kappa shape index (κ2) is 4.10. The molecule has 0 N–H and O–H groups in total. The molecule has 0 saturated heterocycles. The third-order valence-corrected chi connectivity index (χ3v) is 2.63. The fourth-order valence-electron chi connectivity index (χ4n) is 1.70. The van der Waals surface area contributed by atoms with Crippen molar-refractivity contribution >= 4 is 5.97 Å². The van der Waals surface area contributed by atoms with Crippen LogP contribution in [0.25, 0.3) is 0 Å². The lowest BCUT2D eigenvalue weighted by atomic mass is 10.2. The summed E-state index contributed by atoms with van der Waals surface area (Å²) in [6, 6.07) is 6.55. The molecular weight excluding hydrogens is 236 g/mol. The van der Waals surface area contributed by atoms with E-state index in [2.05, 4.69) is 0 Å². The van der Waals surface area contributed by atoms with Gasteiger partial charge in [0.15, 0.2) is 11.5 Å². The second-order valence-electron chi connectivity index (χ2n) is 3.80. The molecule has 0 saturated carbocycles. The maximum absolute atomic E-state index is 11.8. The molecule has 1 aromatic carbocycles. The van der Waals surface area contributed by atoms with E-state index in [0.717, 1.165) is 0 Å². The van der Waals surface area contributed by atoms with Gasteiger partial charge in [-0.2, -0.15) is 0 Å². The van der Waals surface area contributed by atoms with E-state index in [0.29, 0.717) is 28.6 Å². The molecule has 0 amide bonds. The van der Waals surface area contributed by atoms with Crippen LogP contribution in [0.1, 0.15) is 16.1 Å². The largest absolute Gasteiger partial charge is 0.469 e. The van der Waals surface area contributed by atoms with Gasteiger partial charge in [0, 0.05) is 6.07 Å². The number of fused-ring (bicyclic) bond motifs is 1. The van der Waals surface area contributed by atoms with Crippen LogP contribution >= 0.6 is 0 Å². The van der Waals surface area contributed by atoms with Crippen LogP contribution in [0.4, 0.5) is 0 Å². The fourth-order valence-corrected chi connectivity index (χ4v) is 1.70. The van der Waals surface area contributed by atoms with Gasteiger partial charge in [0.1, 0.15) is 17.1 Å². The number of carbonyl (C=O) groups excluding carboxylic acids is 1. The van der Waals surface area contributed by atoms with Gasteiger partial charge in [-0.3, -0.25) is 0 Å². The van der Waals surface area contributed by atoms with Crippen molar-refractivity contribution in [2.45, 2.75) is 6.92 Å². The molecular formula is C13H10O5. The SMILES string of the molecule is Cc1occc1C(=O)Oc1ccc2c(c1)OCO2. The van der Waals surface area contributed by atoms with Crippen molar-refractivity contribution in [3.05, 3.63) is 41.9 Å². The number of furan rings is 1. The number of aryl methyl sites for hydroxylation is 1. The molecule has 5 nitrogen and oxygen atoms in total. The molecule has 3 rings (SSSR count). The van der Waals surface area contributed by atoms with Crippen LogP contribution in [-0.2, 0) is 0 Å². The molecule has 1 aliphatic rings. The van der Waals surface area contributed by atoms with E-state index in [-0.39, 0.29) is 6.79 Å². The van der Waals surface area contributed by atoms with Crippen molar-refractivity contribution in [1.29, 1.82) is 0 Å². The summed E-state index contributed by atoms with van der Waals surface area (Å²) < 4.78 is 20.7. The van der Waals surface area contributed by atoms with E-state index in [9.17, 15) is 4.79 Å². The van der Waals surface area contributed by atoms with Crippen molar-refractivity contribution < 1.29 is 23.4 Å². The number of benzene rings is 1. The van der Waals surface area contributed by atoms with Crippen molar-refractivity contribution in [2.75, 3.05) is 6.79 Å². The lowest BCUT2D eigenvalue weighted by Gasteiger charge is -2.04. The van der Waals surface area contributed by atoms with Gasteiger partial charge in [0.25, 0.3) is 0 Å². The van der Waals surface area contributed by atoms with E-state index in [1.54, 1.807) is 31.2 Å². The minimum atomic E-state index is -0.458. The zero-order valence-corrected chi connectivity index (χ0v) is 9.64. The van der Waals surface area contributed by atoms with Gasteiger partial charge in [-0.15, -0.1) is 0 Å². The zero-order chi connectivity index (χ0) is 12.5. The number of hydrogen-bond acceptors (Lipinski definition) is 5. The Morgan fingerprint density at radius 2 is 2.06 bits per heavy atom. The highest BCUT2D eigenvalue weighted by molar-refractivity contribution is 5.92. The molecule has 1 aromatic heterocycles. The lowest BCUT2D eigenvalue weighted by Crippen LogP contribution is -2.08. The van der Waals surface area contributed by atoms with Gasteiger partial charge < -0.3 is 18.6 Å². The summed E-state index contributed by atoms with van der Waals surface area (Å²) >= 11 is 0. The fraction of sp³-hybridized carbons (Fsp3) is 0.154. The van der Waals surface area contributed by atoms with E-state index >= 15 is 0 Å². The van der Waals surface area contributed by atoms with Gasteiger partial charge in [-0.1, -0.05) is 0 Å². The van der Waals surface area contributed by atoms with E-state index in [1.165, 1.54) is 6.26 Å². The van der Waals surface area contributed by atoms with Crippen molar-refractivity contribution in [2.24, 2.45) is 0 Å². The normalized spacial score (nSPS) is 12.5. The van der Waals surface area contributed by atoms with Crippen LogP contribution in [0.15, 0.2) is 34.9 Å². The minimum Gasteiger partial charge on any atom is -0.469 e. The molecule has 2 heterocycles. The van der Waals surface area contributed by atoms with Crippen molar-refractivity contribution in [3.8, 4) is 17.2 Å². The van der Waals surface area contributed by atoms with Gasteiger partial charge >= 0.3 is 5.97 Å². The highest BCUT2D eigenvalue weighted by Crippen LogP contribution is 2.35. The molecule has 0 radical (unpaired) electrons. The Hall–Kier alpha value is -2.43. The Kier molecular flexibility index (Phi) is 2.44. The Morgan fingerprint density at radius 3 is 2.83 bits per heavy atom. The Balaban J connectivity index is 1.81. The van der Waals surface area contributed by atoms with Gasteiger partial charge in [0.2, 0.25) is 6.79 Å². The highest BCUT2D eigenvalue weighted by atomic mass is 16.7. The summed E-state index contributed by atoms with van der Waals surface area (Å²) in [5.41, 5.74) is 0.410. The molecule has 1 aliphatic heterocycles. The van der Waals surface area contributed by atoms with Crippen LogP contribution < -0.4 is 14.2 Å². The maximum atomic E-state index is 11.8. The van der Waals surface area contributed by atoms with Crippen LogP contribution in [-0.4, -0.2) is 12.8 Å². The molecule has 2 aromatic rings. The summed E-state index contributed by atoms with van der Waals surface area (Å²) in [6.07, 6.45) is 1.45. The molecule has 5 heteroatoms. The Morgan fingerprint density at radius 1 is 1.22 bits per heavy atom. The molecule has 92 valence electrons. The van der Waals surface area contributed by atoms with Gasteiger partial charge in [-0.25, -0.2) is 4.79 Å². The number of rotatable bonds is 2. The topological polar surface area (TPSA) is 57.9 Å². The average molecular weight is 246 g/mol. The Bertz CT molecular complexity index is 599. The second-order valence-corrected chi connectivity index (χ2v) is 3.80. The highest BCUT2D eigenvalue weighted by Gasteiger charge is 2.17. The molecule has 0 unspecified atom stereocenters. The predicted octanol–water partition coefficient (Wildman–Crippen LogP) is 2.54. The van der Waals surface area contributed by atoms with Crippen LogP contribution in [0, 0.1) is 6.92 Å². The average Bonchev–Trinajstić information content (AvgIpc) is 2.96. The smallest absolute Gasteiger partial charge is 0.347 e. The molecule has 18 heavy (non-hydrogen) atoms. The monoisotopic (exact) mass is 246 g/mol. The number of ether oxygens (including phenoxy) is 3. The molecule has 0 spiro atoms. The third kappa shape index (κ3) is 1.79. The minimum absolute atomic E-state index is 0.188. The Labute approximate surface area is 103 Å². The predicted molar refractivity (Wildman–Crippen MR) is 61.0 cm³/mol. The quantitative estimate of drug-likeness (QED) is 0.602. The summed E-state index contributed by atoms with van der Waals surface area (Å²) in [6.45, 7) is 1.89. The van der Waals surface area contributed by atoms with Crippen molar-refractivity contribution in [1.82, 2.24) is 0 Å². The first-order valence-electron chi connectivity index (χ1n) is 5.40. The number of hydrogen-bond donors (Lipinski definition) is 0. The van der Waals surface area contributed by atoms with Crippen molar-refractivity contribution in [3.63, 3.8) is 0 Å². The summed E-state index contributed by atoms with van der Waals surface area (Å²) in [4.78, 5) is 11.8. The first kappa shape index (κ1) is 10.7. The molecule has 0 aliphatic carbocycles. The zero-order valence-electron chi connectivity index (χ0n) is 9.64. The molecule has 0 fully saturated rings. The summed E-state index contributed by atoms with van der Waals surface area (Å²) in [7, 11) is 0. The van der Waals surface area contributed by atoms with E-state index in [4.69, 9.17) is 18.6 Å². The number of esters is 1. The summed E-state index contributed by atoms with van der Waals surface area (Å²) in [5.74, 6) is 1.70. The molecule has 0 bridgehead atoms. The lowest BCUT2D eigenvalue weighted by molar-refractivity contribution is 0.0733. The van der Waals surface area contributed by atoms with E-state index < -0.39 is 5.97 Å². The first-order valence-corrected chi connectivity index (χ1v) is 5.40. The van der Waals surface area contributed by atoms with Crippen LogP contribution in [0.5, 0.6) is 17.2 Å². The van der Waals surface area contributed by atoms with Crippen LogP contribution in [0.2, 0.25) is 0 Å². The maximum Gasteiger partial charge on any atom is 0.347 e. The molecule has 0 atom stereocenters. The van der Waals surface area contributed by atoms with E-state index in [1.807, 2.05) is 0 Å².